The number of aryl methyl sites for hydroxylation is 1. The average Bonchev–Trinajstić information content (AvgIpc) is 2.66. The molecular formula is C20H21F3N2O3S. The molecule has 5 nitrogen and oxygen atoms in total. The third-order valence-corrected chi connectivity index (χ3v) is 6.66. The monoisotopic (exact) mass is 426 g/mol. The molecule has 3 rings (SSSR count). The first kappa shape index (κ1) is 21.2. The molecule has 1 N–H and O–H groups in total. The van der Waals surface area contributed by atoms with E-state index in [1.807, 2.05) is 0 Å². The zero-order valence-corrected chi connectivity index (χ0v) is 16.6. The lowest BCUT2D eigenvalue weighted by Crippen LogP contribution is -2.37. The van der Waals surface area contributed by atoms with Crippen molar-refractivity contribution in [2.75, 3.05) is 21.9 Å². The highest BCUT2D eigenvalue weighted by atomic mass is 32.2. The van der Waals surface area contributed by atoms with Gasteiger partial charge < -0.3 is 5.32 Å². The van der Waals surface area contributed by atoms with E-state index in [4.69, 9.17) is 0 Å². The van der Waals surface area contributed by atoms with Gasteiger partial charge in [0.1, 0.15) is 0 Å². The van der Waals surface area contributed by atoms with Crippen LogP contribution >= 0.6 is 0 Å². The van der Waals surface area contributed by atoms with Crippen molar-refractivity contribution in [1.29, 1.82) is 0 Å². The minimum Gasteiger partial charge on any atom is -0.322 e. The number of hydrogen-bond acceptors (Lipinski definition) is 3. The molecule has 0 unspecified atom stereocenters. The number of nitrogens with zero attached hydrogens (tertiary/aromatic N) is 1. The molecule has 29 heavy (non-hydrogen) atoms. The highest BCUT2D eigenvalue weighted by Crippen LogP contribution is 2.34. The Morgan fingerprint density at radius 2 is 1.90 bits per heavy atom. The SMILES string of the molecule is CCCS(=O)(=O)N1CCCc2cc(NC(=O)c3ccccc3C(F)(F)F)ccc21. The number of fused-ring (bicyclic) bond motifs is 1. The normalized spacial score (nSPS) is 14.4. The molecule has 0 radical (unpaired) electrons. The topological polar surface area (TPSA) is 66.5 Å². The molecule has 1 aliphatic rings. The summed E-state index contributed by atoms with van der Waals surface area (Å²) in [6.07, 6.45) is -2.89. The summed E-state index contributed by atoms with van der Waals surface area (Å²) in [5.74, 6) is -0.830. The summed E-state index contributed by atoms with van der Waals surface area (Å²) in [5, 5.41) is 2.49. The van der Waals surface area contributed by atoms with Crippen molar-refractivity contribution in [2.45, 2.75) is 32.4 Å². The number of nitrogens with one attached hydrogen (secondary N) is 1. The smallest absolute Gasteiger partial charge is 0.322 e. The Balaban J connectivity index is 1.87. The van der Waals surface area contributed by atoms with Crippen LogP contribution in [0.2, 0.25) is 0 Å². The number of rotatable bonds is 5. The fraction of sp³-hybridized carbons (Fsp3) is 0.350. The van der Waals surface area contributed by atoms with Crippen molar-refractivity contribution in [3.8, 4) is 0 Å². The molecule has 1 heterocycles. The number of benzene rings is 2. The Morgan fingerprint density at radius 1 is 1.17 bits per heavy atom. The van der Waals surface area contributed by atoms with Crippen molar-refractivity contribution in [3.05, 3.63) is 59.2 Å². The molecule has 0 atom stereocenters. The summed E-state index contributed by atoms with van der Waals surface area (Å²) in [7, 11) is -3.43. The maximum Gasteiger partial charge on any atom is 0.417 e. The van der Waals surface area contributed by atoms with Gasteiger partial charge in [0.2, 0.25) is 10.0 Å². The Labute approximate surface area is 167 Å². The van der Waals surface area contributed by atoms with Crippen LogP contribution in [0.3, 0.4) is 0 Å². The van der Waals surface area contributed by atoms with Gasteiger partial charge in [-0.3, -0.25) is 9.10 Å². The van der Waals surface area contributed by atoms with Crippen LogP contribution in [-0.2, 0) is 22.6 Å². The number of amides is 1. The van der Waals surface area contributed by atoms with Crippen molar-refractivity contribution in [1.82, 2.24) is 0 Å². The molecule has 0 spiro atoms. The van der Waals surface area contributed by atoms with E-state index in [2.05, 4.69) is 5.32 Å². The number of sulfonamides is 1. The van der Waals surface area contributed by atoms with Gasteiger partial charge in [-0.15, -0.1) is 0 Å². The number of carbonyl (C=O) groups is 1. The number of hydrogen-bond donors (Lipinski definition) is 1. The summed E-state index contributed by atoms with van der Waals surface area (Å²) >= 11 is 0. The molecule has 0 aromatic heterocycles. The van der Waals surface area contributed by atoms with Crippen LogP contribution in [0.25, 0.3) is 0 Å². The molecule has 2 aromatic rings. The van der Waals surface area contributed by atoms with Gasteiger partial charge in [-0.25, -0.2) is 8.42 Å². The molecule has 9 heteroatoms. The average molecular weight is 426 g/mol. The van der Waals surface area contributed by atoms with Crippen LogP contribution in [-0.4, -0.2) is 26.6 Å². The Bertz CT molecular complexity index is 1020. The fourth-order valence-electron chi connectivity index (χ4n) is 3.42. The zero-order valence-electron chi connectivity index (χ0n) is 15.8. The molecule has 0 bridgehead atoms. The van der Waals surface area contributed by atoms with Gasteiger partial charge in [0.15, 0.2) is 0 Å². The molecule has 2 aromatic carbocycles. The van der Waals surface area contributed by atoms with Crippen molar-refractivity contribution < 1.29 is 26.4 Å². The molecule has 156 valence electrons. The molecule has 1 amide bonds. The standard InChI is InChI=1S/C20H21F3N2O3S/c1-2-12-29(27,28)25-11-5-6-14-13-15(9-10-18(14)25)24-19(26)16-7-3-4-8-17(16)20(21,22)23/h3-4,7-10,13H,2,5-6,11-12H2,1H3,(H,24,26). The number of anilines is 2. The third-order valence-electron chi connectivity index (χ3n) is 4.69. The lowest BCUT2D eigenvalue weighted by Gasteiger charge is -2.30. The van der Waals surface area contributed by atoms with Crippen molar-refractivity contribution >= 4 is 27.3 Å². The van der Waals surface area contributed by atoms with E-state index in [1.165, 1.54) is 22.5 Å². The summed E-state index contributed by atoms with van der Waals surface area (Å²) in [6, 6.07) is 9.29. The summed E-state index contributed by atoms with van der Waals surface area (Å²) in [6.45, 7) is 2.18. The first-order chi connectivity index (χ1) is 13.6. The number of carbonyl (C=O) groups excluding carboxylic acids is 1. The summed E-state index contributed by atoms with van der Waals surface area (Å²) < 4.78 is 65.8. The van der Waals surface area contributed by atoms with Gasteiger partial charge >= 0.3 is 6.18 Å². The van der Waals surface area contributed by atoms with Gasteiger partial charge in [0.25, 0.3) is 5.91 Å². The number of halogens is 3. The van der Waals surface area contributed by atoms with Gasteiger partial charge in [-0.1, -0.05) is 19.1 Å². The summed E-state index contributed by atoms with van der Waals surface area (Å²) in [4.78, 5) is 12.4. The first-order valence-corrected chi connectivity index (χ1v) is 10.9. The van der Waals surface area contributed by atoms with Gasteiger partial charge in [-0.05, 0) is 55.2 Å². The minimum absolute atomic E-state index is 0.0408. The van der Waals surface area contributed by atoms with Crippen LogP contribution in [0, 0.1) is 0 Å². The molecule has 1 aliphatic heterocycles. The van der Waals surface area contributed by atoms with Crippen LogP contribution in [0.4, 0.5) is 24.5 Å². The molecule has 0 saturated carbocycles. The van der Waals surface area contributed by atoms with Gasteiger partial charge in [0.05, 0.1) is 22.6 Å². The maximum atomic E-state index is 13.1. The van der Waals surface area contributed by atoms with Crippen LogP contribution < -0.4 is 9.62 Å². The zero-order chi connectivity index (χ0) is 21.2. The van der Waals surface area contributed by atoms with Crippen LogP contribution in [0.15, 0.2) is 42.5 Å². The summed E-state index contributed by atoms with van der Waals surface area (Å²) in [5.41, 5.74) is 0.133. The Hall–Kier alpha value is -2.55. The predicted octanol–water partition coefficient (Wildman–Crippen LogP) is 4.45. The van der Waals surface area contributed by atoms with E-state index in [9.17, 15) is 26.4 Å². The van der Waals surface area contributed by atoms with E-state index in [-0.39, 0.29) is 5.75 Å². The van der Waals surface area contributed by atoms with Crippen LogP contribution in [0.1, 0.15) is 41.3 Å². The van der Waals surface area contributed by atoms with E-state index < -0.39 is 33.2 Å². The lowest BCUT2D eigenvalue weighted by atomic mass is 10.0. The van der Waals surface area contributed by atoms with E-state index in [1.54, 1.807) is 19.1 Å². The second-order valence-electron chi connectivity index (χ2n) is 6.83. The molecular weight excluding hydrogens is 405 g/mol. The van der Waals surface area contributed by atoms with E-state index in [0.717, 1.165) is 17.7 Å². The highest BCUT2D eigenvalue weighted by Gasteiger charge is 2.35. The minimum atomic E-state index is -4.64. The van der Waals surface area contributed by atoms with E-state index in [0.29, 0.717) is 37.2 Å². The Kier molecular flexibility index (Phi) is 5.88. The number of alkyl halides is 3. The first-order valence-electron chi connectivity index (χ1n) is 9.24. The van der Waals surface area contributed by atoms with Gasteiger partial charge in [0, 0.05) is 12.2 Å². The van der Waals surface area contributed by atoms with E-state index >= 15 is 0 Å². The predicted molar refractivity (Wildman–Crippen MR) is 106 cm³/mol. The molecule has 0 saturated heterocycles. The second kappa shape index (κ2) is 8.06. The van der Waals surface area contributed by atoms with Crippen LogP contribution in [0.5, 0.6) is 0 Å². The van der Waals surface area contributed by atoms with Gasteiger partial charge in [-0.2, -0.15) is 13.2 Å². The molecule has 0 aliphatic carbocycles. The lowest BCUT2D eigenvalue weighted by molar-refractivity contribution is -0.137. The quantitative estimate of drug-likeness (QED) is 0.768. The largest absolute Gasteiger partial charge is 0.417 e. The highest BCUT2D eigenvalue weighted by molar-refractivity contribution is 7.92. The second-order valence-corrected chi connectivity index (χ2v) is 8.85. The maximum absolute atomic E-state index is 13.1. The molecule has 0 fully saturated rings. The van der Waals surface area contributed by atoms with Crippen molar-refractivity contribution in [2.24, 2.45) is 0 Å². The van der Waals surface area contributed by atoms with Crippen molar-refractivity contribution in [3.63, 3.8) is 0 Å². The third kappa shape index (κ3) is 4.55. The Morgan fingerprint density at radius 3 is 2.59 bits per heavy atom. The fourth-order valence-corrected chi connectivity index (χ4v) is 5.05.